The summed E-state index contributed by atoms with van der Waals surface area (Å²) in [6.45, 7) is 5.75. The van der Waals surface area contributed by atoms with Crippen molar-refractivity contribution < 1.29 is 22.7 Å². The van der Waals surface area contributed by atoms with E-state index in [0.717, 1.165) is 32.5 Å². The summed E-state index contributed by atoms with van der Waals surface area (Å²) in [7, 11) is -2.09. The number of rotatable bonds is 8. The lowest BCUT2D eigenvalue weighted by molar-refractivity contribution is -0.118. The molecule has 0 saturated carbocycles. The van der Waals surface area contributed by atoms with E-state index >= 15 is 0 Å². The van der Waals surface area contributed by atoms with Gasteiger partial charge in [-0.25, -0.2) is 8.42 Å². The van der Waals surface area contributed by atoms with Crippen LogP contribution in [0.15, 0.2) is 23.1 Å². The lowest BCUT2D eigenvalue weighted by Gasteiger charge is -2.37. The van der Waals surface area contributed by atoms with Crippen LogP contribution in [-0.4, -0.2) is 76.1 Å². The SMILES string of the molecule is CCN1CCC(N(CCCOC)S(=O)(=O)c2ccc3c(c2)NC(=O)CO3)CC1. The normalized spacial score (nSPS) is 18.6. The lowest BCUT2D eigenvalue weighted by atomic mass is 10.1. The average Bonchev–Trinajstić information content (AvgIpc) is 2.70. The third-order valence-corrected chi connectivity index (χ3v) is 7.28. The van der Waals surface area contributed by atoms with Gasteiger partial charge in [-0.1, -0.05) is 6.92 Å². The Morgan fingerprint density at radius 3 is 2.75 bits per heavy atom. The fourth-order valence-electron chi connectivity index (χ4n) is 3.75. The molecule has 0 atom stereocenters. The first-order valence-electron chi connectivity index (χ1n) is 9.75. The topological polar surface area (TPSA) is 88.2 Å². The van der Waals surface area contributed by atoms with Crippen molar-refractivity contribution in [3.05, 3.63) is 18.2 Å². The van der Waals surface area contributed by atoms with Gasteiger partial charge < -0.3 is 19.7 Å². The second-order valence-corrected chi connectivity index (χ2v) is 9.01. The molecule has 2 aliphatic heterocycles. The standard InChI is InChI=1S/C19H29N3O5S/c1-3-21-10-7-15(8-11-21)22(9-4-12-26-2)28(24,25)16-5-6-18-17(13-16)20-19(23)14-27-18/h5-6,13,15H,3-4,7-12,14H2,1-2H3,(H,20,23). The Morgan fingerprint density at radius 2 is 2.07 bits per heavy atom. The molecule has 28 heavy (non-hydrogen) atoms. The number of nitrogens with zero attached hydrogens (tertiary/aromatic N) is 2. The van der Waals surface area contributed by atoms with Crippen molar-refractivity contribution in [2.75, 3.05) is 51.8 Å². The summed E-state index contributed by atoms with van der Waals surface area (Å²) < 4.78 is 39.0. The van der Waals surface area contributed by atoms with Gasteiger partial charge in [0.15, 0.2) is 6.61 Å². The van der Waals surface area contributed by atoms with E-state index in [2.05, 4.69) is 17.1 Å². The van der Waals surface area contributed by atoms with E-state index < -0.39 is 10.0 Å². The minimum Gasteiger partial charge on any atom is -0.482 e. The van der Waals surface area contributed by atoms with Crippen LogP contribution >= 0.6 is 0 Å². The number of fused-ring (bicyclic) bond motifs is 1. The number of amides is 1. The first kappa shape index (κ1) is 21.0. The molecule has 3 rings (SSSR count). The molecule has 156 valence electrons. The van der Waals surface area contributed by atoms with Gasteiger partial charge in [0.1, 0.15) is 5.75 Å². The maximum Gasteiger partial charge on any atom is 0.262 e. The van der Waals surface area contributed by atoms with E-state index in [0.29, 0.717) is 31.0 Å². The van der Waals surface area contributed by atoms with E-state index in [9.17, 15) is 13.2 Å². The van der Waals surface area contributed by atoms with Gasteiger partial charge in [-0.3, -0.25) is 4.79 Å². The minimum absolute atomic E-state index is 0.0356. The molecule has 1 aromatic carbocycles. The number of anilines is 1. The van der Waals surface area contributed by atoms with Gasteiger partial charge in [0.2, 0.25) is 10.0 Å². The fourth-order valence-corrected chi connectivity index (χ4v) is 5.50. The molecule has 0 aliphatic carbocycles. The van der Waals surface area contributed by atoms with Crippen molar-refractivity contribution in [1.82, 2.24) is 9.21 Å². The van der Waals surface area contributed by atoms with Crippen LogP contribution in [-0.2, 0) is 19.6 Å². The van der Waals surface area contributed by atoms with Crippen LogP contribution in [0.2, 0.25) is 0 Å². The highest BCUT2D eigenvalue weighted by atomic mass is 32.2. The second kappa shape index (κ2) is 9.21. The molecule has 1 N–H and O–H groups in total. The third kappa shape index (κ3) is 4.65. The van der Waals surface area contributed by atoms with Crippen molar-refractivity contribution in [2.24, 2.45) is 0 Å². The van der Waals surface area contributed by atoms with Gasteiger partial charge in [0, 0.05) is 26.3 Å². The van der Waals surface area contributed by atoms with Crippen molar-refractivity contribution >= 4 is 21.6 Å². The number of hydrogen-bond acceptors (Lipinski definition) is 6. The molecule has 1 aromatic rings. The van der Waals surface area contributed by atoms with Crippen LogP contribution < -0.4 is 10.1 Å². The van der Waals surface area contributed by atoms with Gasteiger partial charge in [-0.05, 0) is 57.1 Å². The second-order valence-electron chi connectivity index (χ2n) is 7.12. The van der Waals surface area contributed by atoms with Crippen molar-refractivity contribution in [2.45, 2.75) is 37.1 Å². The van der Waals surface area contributed by atoms with Crippen molar-refractivity contribution in [3.63, 3.8) is 0 Å². The Balaban J connectivity index is 1.85. The summed E-state index contributed by atoms with van der Waals surface area (Å²) in [6, 6.07) is 4.61. The smallest absolute Gasteiger partial charge is 0.262 e. The van der Waals surface area contributed by atoms with Gasteiger partial charge in [0.25, 0.3) is 5.91 Å². The molecule has 2 aliphatic rings. The number of hydrogen-bond donors (Lipinski definition) is 1. The molecule has 1 saturated heterocycles. The zero-order valence-electron chi connectivity index (χ0n) is 16.5. The molecule has 0 aromatic heterocycles. The van der Waals surface area contributed by atoms with Crippen LogP contribution in [0.5, 0.6) is 5.75 Å². The lowest BCUT2D eigenvalue weighted by Crippen LogP contribution is -2.47. The Kier molecular flexibility index (Phi) is 6.92. The van der Waals surface area contributed by atoms with E-state index in [1.54, 1.807) is 23.5 Å². The van der Waals surface area contributed by atoms with Crippen LogP contribution in [0.3, 0.4) is 0 Å². The Morgan fingerprint density at radius 1 is 1.32 bits per heavy atom. The number of nitrogens with one attached hydrogen (secondary N) is 1. The molecule has 0 spiro atoms. The van der Waals surface area contributed by atoms with Gasteiger partial charge >= 0.3 is 0 Å². The number of benzene rings is 1. The highest BCUT2D eigenvalue weighted by Crippen LogP contribution is 2.32. The molecular weight excluding hydrogens is 382 g/mol. The monoisotopic (exact) mass is 411 g/mol. The predicted molar refractivity (Wildman–Crippen MR) is 106 cm³/mol. The Labute approximate surface area is 166 Å². The summed E-state index contributed by atoms with van der Waals surface area (Å²) in [5.74, 6) is 0.201. The summed E-state index contributed by atoms with van der Waals surface area (Å²) >= 11 is 0. The van der Waals surface area contributed by atoms with Gasteiger partial charge in [-0.15, -0.1) is 0 Å². The Bertz CT molecular complexity index is 791. The minimum atomic E-state index is -3.70. The molecule has 1 amide bonds. The number of carbonyl (C=O) groups excluding carboxylic acids is 1. The average molecular weight is 412 g/mol. The Hall–Kier alpha value is -1.68. The summed E-state index contributed by atoms with van der Waals surface area (Å²) in [5.41, 5.74) is 0.398. The highest BCUT2D eigenvalue weighted by Gasteiger charge is 2.34. The maximum absolute atomic E-state index is 13.5. The fraction of sp³-hybridized carbons (Fsp3) is 0.632. The predicted octanol–water partition coefficient (Wildman–Crippen LogP) is 1.53. The quantitative estimate of drug-likeness (QED) is 0.653. The van der Waals surface area contributed by atoms with Crippen molar-refractivity contribution in [1.29, 1.82) is 0 Å². The van der Waals surface area contributed by atoms with E-state index in [4.69, 9.17) is 9.47 Å². The van der Waals surface area contributed by atoms with Crippen LogP contribution in [0.25, 0.3) is 0 Å². The zero-order valence-corrected chi connectivity index (χ0v) is 17.3. The van der Waals surface area contributed by atoms with Gasteiger partial charge in [0.05, 0.1) is 10.6 Å². The molecule has 0 bridgehead atoms. The summed E-state index contributed by atoms with van der Waals surface area (Å²) in [6.07, 6.45) is 2.25. The number of ether oxygens (including phenoxy) is 2. The summed E-state index contributed by atoms with van der Waals surface area (Å²) in [4.78, 5) is 14.1. The molecule has 8 nitrogen and oxygen atoms in total. The number of sulfonamides is 1. The number of piperidine rings is 1. The zero-order chi connectivity index (χ0) is 20.1. The first-order chi connectivity index (χ1) is 13.5. The number of methoxy groups -OCH3 is 1. The molecule has 0 radical (unpaired) electrons. The van der Waals surface area contributed by atoms with Crippen molar-refractivity contribution in [3.8, 4) is 5.75 Å². The van der Waals surface area contributed by atoms with E-state index in [1.807, 2.05) is 0 Å². The number of likely N-dealkylation sites (tertiary alicyclic amines) is 1. The van der Waals surface area contributed by atoms with E-state index in [1.165, 1.54) is 6.07 Å². The highest BCUT2D eigenvalue weighted by molar-refractivity contribution is 7.89. The molecular formula is C19H29N3O5S. The molecule has 1 fully saturated rings. The van der Waals surface area contributed by atoms with Gasteiger partial charge in [-0.2, -0.15) is 4.31 Å². The van der Waals surface area contributed by atoms with Crippen LogP contribution in [0.4, 0.5) is 5.69 Å². The summed E-state index contributed by atoms with van der Waals surface area (Å²) in [5, 5.41) is 2.68. The van der Waals surface area contributed by atoms with Crippen LogP contribution in [0, 0.1) is 0 Å². The largest absolute Gasteiger partial charge is 0.482 e. The number of carbonyl (C=O) groups is 1. The molecule has 2 heterocycles. The van der Waals surface area contributed by atoms with E-state index in [-0.39, 0.29) is 23.5 Å². The third-order valence-electron chi connectivity index (χ3n) is 5.33. The maximum atomic E-state index is 13.5. The molecule has 0 unspecified atom stereocenters. The first-order valence-corrected chi connectivity index (χ1v) is 11.2. The van der Waals surface area contributed by atoms with Crippen LogP contribution in [0.1, 0.15) is 26.2 Å². The molecule has 9 heteroatoms.